The Hall–Kier alpha value is -6.26. The van der Waals surface area contributed by atoms with E-state index in [-0.39, 0.29) is 30.4 Å². The third-order valence-electron chi connectivity index (χ3n) is 13.7. The lowest BCUT2D eigenvalue weighted by atomic mass is 9.79. The van der Waals surface area contributed by atoms with Crippen LogP contribution in [0.2, 0.25) is 18.1 Å². The Morgan fingerprint density at radius 1 is 0.826 bits per heavy atom. The lowest BCUT2D eigenvalue weighted by Crippen LogP contribution is -2.49. The molecule has 8 atom stereocenters. The van der Waals surface area contributed by atoms with Crippen LogP contribution in [0.3, 0.4) is 0 Å². The van der Waals surface area contributed by atoms with E-state index < -0.39 is 80.0 Å². The second-order valence-corrected chi connectivity index (χ2v) is 23.5. The number of aliphatic hydroxyl groups is 1. The van der Waals surface area contributed by atoms with Crippen molar-refractivity contribution >= 4 is 31.2 Å². The monoisotopic (exact) mass is 964 g/mol. The average molecular weight is 965 g/mol. The zero-order valence-electron chi connectivity index (χ0n) is 39.9. The summed E-state index contributed by atoms with van der Waals surface area (Å²) in [7, 11) is 1.96. The molecule has 0 aliphatic carbocycles. The van der Waals surface area contributed by atoms with Crippen LogP contribution in [0.4, 0.5) is 5.82 Å². The predicted molar refractivity (Wildman–Crippen MR) is 257 cm³/mol. The highest BCUT2D eigenvalue weighted by Crippen LogP contribution is 2.47. The Morgan fingerprint density at radius 2 is 1.43 bits per heavy atom. The molecule has 0 saturated carbocycles. The summed E-state index contributed by atoms with van der Waals surface area (Å²) < 4.78 is 47.6. The van der Waals surface area contributed by atoms with Crippen LogP contribution >= 0.6 is 0 Å². The van der Waals surface area contributed by atoms with Gasteiger partial charge in [-0.2, -0.15) is 0 Å². The molecule has 8 rings (SSSR count). The van der Waals surface area contributed by atoms with Gasteiger partial charge in [0.25, 0.3) is 5.56 Å². The number of rotatable bonds is 17. The van der Waals surface area contributed by atoms with Crippen molar-refractivity contribution in [2.45, 2.75) is 93.9 Å². The van der Waals surface area contributed by atoms with Gasteiger partial charge in [0.15, 0.2) is 32.2 Å². The largest absolute Gasteiger partial charge is 0.497 e. The smallest absolute Gasteiger partial charge is 0.330 e. The van der Waals surface area contributed by atoms with Gasteiger partial charge in [-0.25, -0.2) is 19.7 Å². The highest BCUT2D eigenvalue weighted by Gasteiger charge is 2.53. The lowest BCUT2D eigenvalue weighted by Gasteiger charge is -2.41. The molecule has 19 nitrogen and oxygen atoms in total. The molecule has 0 radical (unpaired) electrons. The predicted octanol–water partition coefficient (Wildman–Crippen LogP) is 4.67. The first kappa shape index (κ1) is 49.2. The van der Waals surface area contributed by atoms with Gasteiger partial charge in [-0.05, 0) is 59.1 Å². The number of fused-ring (bicyclic) bond motifs is 1. The van der Waals surface area contributed by atoms with Crippen molar-refractivity contribution in [3.8, 4) is 11.5 Å². The number of H-pyrrole nitrogens is 1. The maximum absolute atomic E-state index is 14.5. The molecule has 2 saturated heterocycles. The molecule has 69 heavy (non-hydrogen) atoms. The van der Waals surface area contributed by atoms with E-state index in [1.807, 2.05) is 78.9 Å². The quantitative estimate of drug-likeness (QED) is 0.0718. The number of carbonyl (C=O) groups is 1. The number of imidazole rings is 1. The van der Waals surface area contributed by atoms with Gasteiger partial charge in [-0.15, -0.1) is 0 Å². The van der Waals surface area contributed by atoms with Crippen LogP contribution in [-0.2, 0) is 33.8 Å². The molecule has 366 valence electrons. The molecule has 6 aromatic rings. The van der Waals surface area contributed by atoms with E-state index >= 15 is 0 Å². The van der Waals surface area contributed by atoms with Gasteiger partial charge in [0, 0.05) is 38.3 Å². The van der Waals surface area contributed by atoms with E-state index in [0.29, 0.717) is 22.7 Å². The van der Waals surface area contributed by atoms with Gasteiger partial charge in [-0.1, -0.05) is 75.4 Å². The maximum atomic E-state index is 14.5. The number of carbonyl (C=O) groups excluding carboxylic acids is 1. The SMILES string of the molecule is COc1ccc(C(OC[C@H]2O[C@@H](n3ccc(=O)[nH]c3=O)[C@H](O[Si](C)(C)C(C)(C)C)[C@@H]2CC(=O)NC[C@H]2O[C@@H](n3cnc4c(N)ncnc43)[C@H](OC)[C@@H]2O)(c2ccccc2)c2ccc(OC)cc2)cc1. The van der Waals surface area contributed by atoms with E-state index in [1.54, 1.807) is 18.8 Å². The second-order valence-electron chi connectivity index (χ2n) is 18.8. The second kappa shape index (κ2) is 20.0. The number of benzene rings is 3. The number of hydrogen-bond acceptors (Lipinski definition) is 15. The summed E-state index contributed by atoms with van der Waals surface area (Å²) in [6.07, 6.45) is -2.63. The third kappa shape index (κ3) is 9.70. The van der Waals surface area contributed by atoms with Crippen LogP contribution in [0.1, 0.15) is 56.3 Å². The highest BCUT2D eigenvalue weighted by atomic mass is 28.4. The summed E-state index contributed by atoms with van der Waals surface area (Å²) in [6, 6.07) is 26.2. The first-order valence-corrected chi connectivity index (χ1v) is 25.6. The minimum atomic E-state index is -2.70. The number of nitrogen functional groups attached to an aromatic ring is 1. The number of aromatic nitrogens is 6. The Labute approximate surface area is 400 Å². The highest BCUT2D eigenvalue weighted by molar-refractivity contribution is 6.74. The molecule has 1 amide bonds. The molecular formula is C49H60N8O11Si. The van der Waals surface area contributed by atoms with Crippen LogP contribution in [0.25, 0.3) is 11.2 Å². The van der Waals surface area contributed by atoms with Crippen molar-refractivity contribution < 1.29 is 42.7 Å². The maximum Gasteiger partial charge on any atom is 0.330 e. The number of nitrogens with one attached hydrogen (secondary N) is 2. The minimum absolute atomic E-state index is 0.0997. The first-order valence-electron chi connectivity index (χ1n) is 22.7. The molecule has 5 N–H and O–H groups in total. The molecule has 0 unspecified atom stereocenters. The number of aliphatic hydroxyl groups excluding tert-OH is 1. The molecule has 0 spiro atoms. The molecular weight excluding hydrogens is 905 g/mol. The van der Waals surface area contributed by atoms with Crippen molar-refractivity contribution in [2.75, 3.05) is 40.2 Å². The topological polar surface area (TPSA) is 238 Å². The van der Waals surface area contributed by atoms with Gasteiger partial charge in [-0.3, -0.25) is 23.7 Å². The molecule has 0 bridgehead atoms. The molecule has 2 aliphatic heterocycles. The van der Waals surface area contributed by atoms with Gasteiger partial charge in [0.1, 0.15) is 47.3 Å². The Morgan fingerprint density at radius 3 is 2.03 bits per heavy atom. The first-order chi connectivity index (χ1) is 33.0. The number of hydrogen-bond donors (Lipinski definition) is 4. The number of nitrogens with zero attached hydrogens (tertiary/aromatic N) is 5. The number of nitrogens with two attached hydrogens (primary N) is 1. The van der Waals surface area contributed by atoms with Crippen LogP contribution in [-0.4, -0.2) is 113 Å². The summed E-state index contributed by atoms with van der Waals surface area (Å²) in [5.41, 5.74) is 6.61. The third-order valence-corrected chi connectivity index (χ3v) is 18.1. The van der Waals surface area contributed by atoms with Crippen LogP contribution in [0.5, 0.6) is 11.5 Å². The van der Waals surface area contributed by atoms with Gasteiger partial charge in [0.2, 0.25) is 5.91 Å². The lowest BCUT2D eigenvalue weighted by molar-refractivity contribution is -0.125. The number of amides is 1. The van der Waals surface area contributed by atoms with Crippen LogP contribution < -0.4 is 31.8 Å². The van der Waals surface area contributed by atoms with E-state index in [2.05, 4.69) is 59.1 Å². The zero-order chi connectivity index (χ0) is 49.3. The Kier molecular flexibility index (Phi) is 14.2. The molecule has 2 aliphatic rings. The van der Waals surface area contributed by atoms with Crippen molar-refractivity contribution in [3.05, 3.63) is 141 Å². The Bertz CT molecular complexity index is 2790. The van der Waals surface area contributed by atoms with Crippen molar-refractivity contribution in [1.29, 1.82) is 0 Å². The molecule has 5 heterocycles. The van der Waals surface area contributed by atoms with Crippen LogP contribution in [0, 0.1) is 5.92 Å². The molecule has 3 aromatic heterocycles. The number of ether oxygens (including phenoxy) is 6. The number of aromatic amines is 1. The normalized spacial score (nSPS) is 23.0. The Balaban J connectivity index is 1.16. The minimum Gasteiger partial charge on any atom is -0.497 e. The van der Waals surface area contributed by atoms with Gasteiger partial charge in [0.05, 0.1) is 39.4 Å². The fourth-order valence-electron chi connectivity index (χ4n) is 8.91. The van der Waals surface area contributed by atoms with Crippen molar-refractivity contribution in [2.24, 2.45) is 5.92 Å². The standard InChI is InChI=1S/C49H60N8O11Si/c1-48(2,3)69(7,8)68-41-34(24-38(59)51-25-35-40(60)42(64-6)46(66-35)57-28-54-39-43(50)52-27-53-44(39)57)36(67-45(41)56-23-22-37(58)55-47(56)61)26-65-49(29-12-10-9-11-13-29,30-14-18-32(62-4)19-15-30)31-16-20-33(63-5)21-17-31/h9-23,27-28,34-36,40-42,45-46,60H,24-26H2,1-8H3,(H,51,59)(H2,50,52,53)(H,55,58,61)/t34-,35-,36-,40-,41-,42-,45-,46-/m1/s1. The summed E-state index contributed by atoms with van der Waals surface area (Å²) >= 11 is 0. The van der Waals surface area contributed by atoms with Gasteiger partial charge < -0.3 is 49.0 Å². The van der Waals surface area contributed by atoms with Gasteiger partial charge >= 0.3 is 5.69 Å². The van der Waals surface area contributed by atoms with Crippen molar-refractivity contribution in [3.63, 3.8) is 0 Å². The van der Waals surface area contributed by atoms with E-state index in [4.69, 9.17) is 38.6 Å². The summed E-state index contributed by atoms with van der Waals surface area (Å²) in [5, 5.41) is 14.2. The summed E-state index contributed by atoms with van der Waals surface area (Å²) in [5.74, 6) is 0.344. The van der Waals surface area contributed by atoms with E-state index in [0.717, 1.165) is 16.7 Å². The van der Waals surface area contributed by atoms with Crippen LogP contribution in [0.15, 0.2) is 113 Å². The van der Waals surface area contributed by atoms with E-state index in [1.165, 1.54) is 36.6 Å². The molecule has 20 heteroatoms. The fraction of sp³-hybridized carbons (Fsp3) is 0.429. The van der Waals surface area contributed by atoms with E-state index in [9.17, 15) is 19.5 Å². The molecule has 2 fully saturated rings. The number of anilines is 1. The zero-order valence-corrected chi connectivity index (χ0v) is 40.9. The molecule has 3 aromatic carbocycles. The number of methoxy groups -OCH3 is 3. The van der Waals surface area contributed by atoms with Crippen molar-refractivity contribution in [1.82, 2.24) is 34.4 Å². The summed E-state index contributed by atoms with van der Waals surface area (Å²) in [6.45, 7) is 10.2. The summed E-state index contributed by atoms with van der Waals surface area (Å²) in [4.78, 5) is 55.6. The fourth-order valence-corrected chi connectivity index (χ4v) is 10.2. The average Bonchev–Trinajstić information content (AvgIpc) is 4.01.